The molecular weight excluding hydrogens is 979 g/mol. The van der Waals surface area contributed by atoms with Crippen LogP contribution in [-0.4, -0.2) is 133 Å². The molecule has 0 bridgehead atoms. The number of thioether (sulfide) groups is 1. The summed E-state index contributed by atoms with van der Waals surface area (Å²) in [6.07, 6.45) is 4.14. The number of rotatable bonds is 19. The number of hydrogen-bond donors (Lipinski definition) is 1. The van der Waals surface area contributed by atoms with E-state index < -0.39 is 20.2 Å². The van der Waals surface area contributed by atoms with Gasteiger partial charge in [-0.1, -0.05) is 71.8 Å². The quantitative estimate of drug-likeness (QED) is 0.0803. The van der Waals surface area contributed by atoms with Crippen molar-refractivity contribution in [2.75, 3.05) is 109 Å². The fourth-order valence-electron chi connectivity index (χ4n) is 10.8. The molecule has 3 heterocycles. The third-order valence-corrected chi connectivity index (χ3v) is 17.7. The van der Waals surface area contributed by atoms with Gasteiger partial charge in [-0.2, -0.15) is 13.2 Å². The van der Waals surface area contributed by atoms with Crippen LogP contribution in [0.2, 0.25) is 5.02 Å². The zero-order chi connectivity index (χ0) is 50.3. The Hall–Kier alpha value is -4.74. The first kappa shape index (κ1) is 52.1. The standard InChI is InChI=1S/C56H65ClF3N5O5S2/c1-68-49-18-13-44(53(34-49)69-2)36-64-39-55(40-64)22-20-51(43-11-14-46(57)15-12-43)45(35-55)37-63-24-26-65(27-25-63)48-16-8-41(9-17-48)32-42-10-19-52(54(33-42)72(66,67)56(58,59)60)61-47(21-23-62-28-30-70-31-29-62)38-71-50-6-4-3-5-7-50/h3-19,33-34,47,61H,20-32,35-40H2,1-2H3. The van der Waals surface area contributed by atoms with Gasteiger partial charge >= 0.3 is 5.51 Å². The molecule has 0 saturated carbocycles. The maximum absolute atomic E-state index is 14.3. The second-order valence-electron chi connectivity index (χ2n) is 19.7. The molecule has 0 amide bonds. The van der Waals surface area contributed by atoms with Crippen molar-refractivity contribution in [2.24, 2.45) is 5.41 Å². The van der Waals surface area contributed by atoms with E-state index in [0.717, 1.165) is 123 Å². The first-order valence-corrected chi connectivity index (χ1v) is 27.8. The number of nitrogens with one attached hydrogen (secondary N) is 1. The lowest BCUT2D eigenvalue weighted by molar-refractivity contribution is -0.0435. The predicted molar refractivity (Wildman–Crippen MR) is 284 cm³/mol. The van der Waals surface area contributed by atoms with E-state index in [1.807, 2.05) is 66.7 Å². The van der Waals surface area contributed by atoms with Crippen LogP contribution in [0.5, 0.6) is 11.5 Å². The number of halogens is 4. The van der Waals surface area contributed by atoms with Crippen molar-refractivity contribution < 1.29 is 35.8 Å². The van der Waals surface area contributed by atoms with E-state index in [9.17, 15) is 21.6 Å². The molecule has 72 heavy (non-hydrogen) atoms. The molecule has 10 nitrogen and oxygen atoms in total. The zero-order valence-corrected chi connectivity index (χ0v) is 43.5. The Morgan fingerprint density at radius 2 is 1.51 bits per heavy atom. The number of likely N-dealkylation sites (tertiary alicyclic amines) is 1. The van der Waals surface area contributed by atoms with Crippen LogP contribution in [0.4, 0.5) is 24.5 Å². The van der Waals surface area contributed by atoms with Crippen LogP contribution in [0.1, 0.15) is 47.9 Å². The Bertz CT molecular complexity index is 2750. The lowest BCUT2D eigenvalue weighted by Crippen LogP contribution is -2.57. The van der Waals surface area contributed by atoms with Crippen LogP contribution >= 0.6 is 23.4 Å². The van der Waals surface area contributed by atoms with Gasteiger partial charge in [-0.3, -0.25) is 14.7 Å². The number of sulfone groups is 1. The van der Waals surface area contributed by atoms with Crippen molar-refractivity contribution in [2.45, 2.75) is 60.0 Å². The van der Waals surface area contributed by atoms with Gasteiger partial charge in [-0.15, -0.1) is 11.8 Å². The fourth-order valence-corrected chi connectivity index (χ4v) is 12.9. The summed E-state index contributed by atoms with van der Waals surface area (Å²) < 4.78 is 86.0. The van der Waals surface area contributed by atoms with Gasteiger partial charge in [0.05, 0.1) is 38.0 Å². The minimum Gasteiger partial charge on any atom is -0.497 e. The Morgan fingerprint density at radius 1 is 0.792 bits per heavy atom. The topological polar surface area (TPSA) is 86.8 Å². The van der Waals surface area contributed by atoms with Crippen molar-refractivity contribution in [3.05, 3.63) is 148 Å². The van der Waals surface area contributed by atoms with Gasteiger partial charge in [0.25, 0.3) is 9.84 Å². The molecule has 1 unspecified atom stereocenters. The molecular formula is C56H65ClF3N5O5S2. The van der Waals surface area contributed by atoms with Crippen LogP contribution in [0, 0.1) is 5.41 Å². The molecule has 1 spiro atoms. The zero-order valence-electron chi connectivity index (χ0n) is 41.1. The minimum absolute atomic E-state index is 0.0384. The summed E-state index contributed by atoms with van der Waals surface area (Å²) in [6.45, 7) is 10.9. The van der Waals surface area contributed by atoms with Gasteiger partial charge in [0.1, 0.15) is 11.5 Å². The van der Waals surface area contributed by atoms with Gasteiger partial charge in [0.2, 0.25) is 0 Å². The van der Waals surface area contributed by atoms with E-state index in [1.165, 1.54) is 28.8 Å². The number of nitrogens with zero attached hydrogens (tertiary/aromatic N) is 4. The number of methoxy groups -OCH3 is 2. The highest BCUT2D eigenvalue weighted by Crippen LogP contribution is 2.49. The summed E-state index contributed by atoms with van der Waals surface area (Å²) in [5, 5.41) is 3.99. The molecule has 4 aliphatic rings. The van der Waals surface area contributed by atoms with Gasteiger partial charge in [0, 0.05) is 111 Å². The number of benzene rings is 5. The Kier molecular flexibility index (Phi) is 16.8. The van der Waals surface area contributed by atoms with Crippen LogP contribution in [0.15, 0.2) is 131 Å². The number of ether oxygens (including phenoxy) is 3. The number of allylic oxidation sites excluding steroid dienone is 1. The highest BCUT2D eigenvalue weighted by Gasteiger charge is 2.48. The normalized spacial score (nSPS) is 18.5. The number of alkyl halides is 3. The van der Waals surface area contributed by atoms with Gasteiger partial charge in [-0.05, 0) is 114 Å². The summed E-state index contributed by atoms with van der Waals surface area (Å²) in [7, 11) is -2.29. The molecule has 5 aromatic carbocycles. The molecule has 0 radical (unpaired) electrons. The molecule has 5 aromatic rings. The summed E-state index contributed by atoms with van der Waals surface area (Å²) in [6, 6.07) is 36.4. The van der Waals surface area contributed by atoms with Crippen molar-refractivity contribution in [3.63, 3.8) is 0 Å². The number of anilines is 2. The monoisotopic (exact) mass is 1040 g/mol. The second-order valence-corrected chi connectivity index (χ2v) is 23.1. The van der Waals surface area contributed by atoms with Crippen molar-refractivity contribution in [3.8, 4) is 11.5 Å². The Morgan fingerprint density at radius 3 is 2.21 bits per heavy atom. The highest BCUT2D eigenvalue weighted by molar-refractivity contribution is 7.99. The molecule has 3 fully saturated rings. The van der Waals surface area contributed by atoms with Crippen molar-refractivity contribution in [1.82, 2.24) is 14.7 Å². The average Bonchev–Trinajstić information content (AvgIpc) is 3.38. The van der Waals surface area contributed by atoms with Crippen LogP contribution in [-0.2, 0) is 27.5 Å². The molecule has 384 valence electrons. The van der Waals surface area contributed by atoms with E-state index in [4.69, 9.17) is 25.8 Å². The molecule has 1 atom stereocenters. The summed E-state index contributed by atoms with van der Waals surface area (Å²) in [5.74, 6) is 2.18. The number of piperazine rings is 1. The molecule has 9 rings (SSSR count). The molecule has 0 aromatic heterocycles. The lowest BCUT2D eigenvalue weighted by atomic mass is 9.65. The van der Waals surface area contributed by atoms with Gasteiger partial charge < -0.3 is 24.4 Å². The van der Waals surface area contributed by atoms with Crippen molar-refractivity contribution >= 4 is 50.1 Å². The van der Waals surface area contributed by atoms with E-state index in [1.54, 1.807) is 32.0 Å². The van der Waals surface area contributed by atoms with Crippen LogP contribution in [0.3, 0.4) is 0 Å². The highest BCUT2D eigenvalue weighted by atomic mass is 35.5. The Balaban J connectivity index is 0.839. The third kappa shape index (κ3) is 12.8. The van der Waals surface area contributed by atoms with Gasteiger partial charge in [-0.25, -0.2) is 8.42 Å². The molecule has 1 aliphatic carbocycles. The molecule has 3 aliphatic heterocycles. The van der Waals surface area contributed by atoms with E-state index in [-0.39, 0.29) is 23.6 Å². The van der Waals surface area contributed by atoms with E-state index in [0.29, 0.717) is 37.5 Å². The molecule has 1 N–H and O–H groups in total. The average molecular weight is 1040 g/mol. The second kappa shape index (κ2) is 23.2. The van der Waals surface area contributed by atoms with Crippen molar-refractivity contribution in [1.29, 1.82) is 0 Å². The van der Waals surface area contributed by atoms with Crippen LogP contribution < -0.4 is 19.7 Å². The maximum Gasteiger partial charge on any atom is 0.501 e. The maximum atomic E-state index is 14.3. The number of morpholine rings is 1. The SMILES string of the molecule is COc1ccc(CN2CC3(CCC(c4ccc(Cl)cc4)=C(CN4CCN(c5ccc(Cc6ccc(NC(CCN7CCOCC7)CSc7ccccc7)c(S(=O)(=O)C(F)(F)F)c6)cc5)CC4)C3)C2)c(OC)c1. The lowest BCUT2D eigenvalue weighted by Gasteiger charge is -2.54. The van der Waals surface area contributed by atoms with E-state index in [2.05, 4.69) is 55.2 Å². The van der Waals surface area contributed by atoms with E-state index >= 15 is 0 Å². The minimum atomic E-state index is -5.67. The number of hydrogen-bond acceptors (Lipinski definition) is 11. The predicted octanol–water partition coefficient (Wildman–Crippen LogP) is 10.8. The fraction of sp³-hybridized carbons (Fsp3) is 0.429. The van der Waals surface area contributed by atoms with Crippen LogP contribution in [0.25, 0.3) is 5.57 Å². The molecule has 3 saturated heterocycles. The third-order valence-electron chi connectivity index (χ3n) is 14.7. The smallest absolute Gasteiger partial charge is 0.497 e. The summed E-state index contributed by atoms with van der Waals surface area (Å²) in [5.41, 5.74) is 2.57. The Labute approximate surface area is 432 Å². The summed E-state index contributed by atoms with van der Waals surface area (Å²) in [4.78, 5) is 10.0. The molecule has 16 heteroatoms. The largest absolute Gasteiger partial charge is 0.501 e. The first-order chi connectivity index (χ1) is 34.8. The summed E-state index contributed by atoms with van der Waals surface area (Å²) >= 11 is 7.93. The van der Waals surface area contributed by atoms with Gasteiger partial charge in [0.15, 0.2) is 0 Å². The first-order valence-electron chi connectivity index (χ1n) is 24.9.